The first-order chi connectivity index (χ1) is 20.5. The number of rotatable bonds is 7. The normalized spacial score (nSPS) is 47.2. The number of hydrogen-bond donors (Lipinski definition) is 1. The highest BCUT2D eigenvalue weighted by Gasteiger charge is 2.77. The predicted octanol–water partition coefficient (Wildman–Crippen LogP) is 7.04. The maximum Gasteiger partial charge on any atom is 0.184 e. The summed E-state index contributed by atoms with van der Waals surface area (Å²) in [5, 5.41) is 11.2. The fourth-order valence-electron chi connectivity index (χ4n) is 13.1. The average Bonchev–Trinajstić information content (AvgIpc) is 3.35. The van der Waals surface area contributed by atoms with Gasteiger partial charge >= 0.3 is 0 Å². The third kappa shape index (κ3) is 4.20. The molecule has 1 N–H and O–H groups in total. The fraction of sp³-hybridized carbons (Fsp3) is 0.838. The van der Waals surface area contributed by atoms with Crippen molar-refractivity contribution in [2.45, 2.75) is 140 Å². The van der Waals surface area contributed by atoms with Gasteiger partial charge in [-0.1, -0.05) is 39.0 Å². The van der Waals surface area contributed by atoms with Crippen LogP contribution in [-0.2, 0) is 24.0 Å². The topological polar surface area (TPSA) is 82.1 Å². The van der Waals surface area contributed by atoms with Crippen molar-refractivity contribution in [3.8, 4) is 0 Å². The van der Waals surface area contributed by atoms with Crippen LogP contribution in [0.4, 0.5) is 0 Å². The molecule has 1 saturated heterocycles. The molecule has 1 heterocycles. The molecule has 3 unspecified atom stereocenters. The second-order valence-corrected chi connectivity index (χ2v) is 19.4. The fourth-order valence-corrected chi connectivity index (χ4v) is 15.2. The Morgan fingerprint density at radius 2 is 1.66 bits per heavy atom. The molecular weight excluding hydrogens is 572 g/mol. The lowest BCUT2D eigenvalue weighted by molar-refractivity contribution is -0.165. The van der Waals surface area contributed by atoms with Gasteiger partial charge in [0.2, 0.25) is 0 Å². The monoisotopic (exact) mass is 628 g/mol. The lowest BCUT2D eigenvalue weighted by atomic mass is 9.45. The van der Waals surface area contributed by atoms with Crippen molar-refractivity contribution in [3.63, 3.8) is 0 Å². The summed E-state index contributed by atoms with van der Waals surface area (Å²) in [7, 11) is -1.95. The summed E-state index contributed by atoms with van der Waals surface area (Å²) in [6, 6.07) is 8.72. The van der Waals surface area contributed by atoms with E-state index in [0.717, 1.165) is 37.5 Å². The first-order valence-corrected chi connectivity index (χ1v) is 19.0. The number of hydrogen-bond acceptors (Lipinski definition) is 6. The Morgan fingerprint density at radius 3 is 2.27 bits per heavy atom. The van der Waals surface area contributed by atoms with Gasteiger partial charge in [0.1, 0.15) is 12.2 Å². The van der Waals surface area contributed by atoms with Crippen molar-refractivity contribution >= 4 is 9.84 Å². The lowest BCUT2D eigenvalue weighted by Gasteiger charge is -2.61. The van der Waals surface area contributed by atoms with Gasteiger partial charge in [0.05, 0.1) is 21.9 Å². The Morgan fingerprint density at radius 1 is 0.955 bits per heavy atom. The molecule has 1 aliphatic heterocycles. The van der Waals surface area contributed by atoms with E-state index in [2.05, 4.69) is 20.8 Å². The third-order valence-electron chi connectivity index (χ3n) is 14.7. The Kier molecular flexibility index (Phi) is 7.19. The van der Waals surface area contributed by atoms with Crippen molar-refractivity contribution in [2.24, 2.45) is 51.8 Å². The number of sulfone groups is 1. The van der Waals surface area contributed by atoms with E-state index in [9.17, 15) is 13.5 Å². The summed E-state index contributed by atoms with van der Waals surface area (Å²) in [6.45, 7) is 14.6. The SMILES string of the molecule is CO[C@@H]1C[C@H]2[C@@H]3CC[C@H]([C@H](C)C(C(O)C4OC(C)(C)OC4(C)C)S(=O)(=O)c4ccccc4)[C@@]3(C)CC[C@@H]2[C@@]2(C)CC[C@H]3C[C@]312. The van der Waals surface area contributed by atoms with Crippen LogP contribution in [0.15, 0.2) is 35.2 Å². The minimum atomic E-state index is -3.89. The molecule has 6 nitrogen and oxygen atoms in total. The van der Waals surface area contributed by atoms with Crippen molar-refractivity contribution in [3.05, 3.63) is 30.3 Å². The molecule has 0 aromatic heterocycles. The zero-order chi connectivity index (χ0) is 31.7. The molecule has 1 aromatic rings. The van der Waals surface area contributed by atoms with Crippen molar-refractivity contribution in [1.29, 1.82) is 0 Å². The third-order valence-corrected chi connectivity index (χ3v) is 17.1. The van der Waals surface area contributed by atoms with Crippen LogP contribution in [0, 0.1) is 51.8 Å². The summed E-state index contributed by atoms with van der Waals surface area (Å²) in [4.78, 5) is 0.268. The molecule has 6 aliphatic rings. The molecule has 0 bridgehead atoms. The molecule has 1 spiro atoms. The average molecular weight is 629 g/mol. The van der Waals surface area contributed by atoms with Crippen molar-refractivity contribution < 1.29 is 27.7 Å². The standard InChI is InChI=1S/C37H56O6S/c1-22(31(44(39,40)24-12-10-9-11-13-24)30(38)32-33(2,3)43-34(4,5)42-32)26-14-15-27-25-20-29(41-8)37-21-23(37)16-19-36(37,7)28(25)17-18-35(26,27)6/h9-13,22-23,25-32,38H,14-21H2,1-8H3/t22-,23-,25-,26+,27-,28-,29+,30?,31?,32?,35+,36+,37-/m0/s1. The molecule has 5 aliphatic carbocycles. The van der Waals surface area contributed by atoms with Crippen LogP contribution >= 0.6 is 0 Å². The Balaban J connectivity index is 1.23. The number of methoxy groups -OCH3 is 1. The molecule has 6 fully saturated rings. The van der Waals surface area contributed by atoms with Gasteiger partial charge in [-0.2, -0.15) is 0 Å². The number of ether oxygens (including phenoxy) is 3. The van der Waals surface area contributed by atoms with E-state index in [4.69, 9.17) is 14.2 Å². The Hall–Kier alpha value is -0.990. The van der Waals surface area contributed by atoms with E-state index in [1.165, 1.54) is 25.7 Å². The summed E-state index contributed by atoms with van der Waals surface area (Å²) < 4.78 is 48.0. The Labute approximate surface area is 265 Å². The smallest absolute Gasteiger partial charge is 0.184 e. The summed E-state index contributed by atoms with van der Waals surface area (Å²) in [5.74, 6) is 1.78. The van der Waals surface area contributed by atoms with Crippen molar-refractivity contribution in [2.75, 3.05) is 7.11 Å². The van der Waals surface area contributed by atoms with Crippen LogP contribution in [-0.4, -0.2) is 55.6 Å². The maximum atomic E-state index is 14.6. The molecule has 0 amide bonds. The molecule has 44 heavy (non-hydrogen) atoms. The van der Waals surface area contributed by atoms with Crippen LogP contribution in [0.2, 0.25) is 0 Å². The van der Waals surface area contributed by atoms with Gasteiger partial charge in [0.25, 0.3) is 0 Å². The summed E-state index contributed by atoms with van der Waals surface area (Å²) in [6.07, 6.45) is 8.03. The van der Waals surface area contributed by atoms with Gasteiger partial charge in [0.15, 0.2) is 15.6 Å². The summed E-state index contributed by atoms with van der Waals surface area (Å²) >= 11 is 0. The largest absolute Gasteiger partial charge is 0.389 e. The van der Waals surface area contributed by atoms with Crippen LogP contribution in [0.25, 0.3) is 0 Å². The molecule has 13 atom stereocenters. The van der Waals surface area contributed by atoms with Crippen LogP contribution in [0.5, 0.6) is 0 Å². The quantitative estimate of drug-likeness (QED) is 0.349. The lowest BCUT2D eigenvalue weighted by Crippen LogP contribution is -2.58. The van der Waals surface area contributed by atoms with E-state index >= 15 is 0 Å². The molecule has 1 aromatic carbocycles. The highest BCUT2D eigenvalue weighted by atomic mass is 32.2. The highest BCUT2D eigenvalue weighted by Crippen LogP contribution is 2.82. The van der Waals surface area contributed by atoms with E-state index in [1.54, 1.807) is 24.3 Å². The van der Waals surface area contributed by atoms with Gasteiger partial charge in [0, 0.05) is 12.5 Å². The van der Waals surface area contributed by atoms with Gasteiger partial charge < -0.3 is 19.3 Å². The van der Waals surface area contributed by atoms with Crippen molar-refractivity contribution in [1.82, 2.24) is 0 Å². The van der Waals surface area contributed by atoms with Gasteiger partial charge in [-0.25, -0.2) is 8.42 Å². The molecule has 0 radical (unpaired) electrons. The molecule has 7 heteroatoms. The Bertz CT molecular complexity index is 1380. The van der Waals surface area contributed by atoms with E-state index in [0.29, 0.717) is 28.8 Å². The van der Waals surface area contributed by atoms with Gasteiger partial charge in [-0.3, -0.25) is 0 Å². The number of benzene rings is 1. The highest BCUT2D eigenvalue weighted by molar-refractivity contribution is 7.92. The van der Waals surface area contributed by atoms with Crippen LogP contribution < -0.4 is 0 Å². The first kappa shape index (κ1) is 31.6. The van der Waals surface area contributed by atoms with Crippen LogP contribution in [0.1, 0.15) is 99.8 Å². The zero-order valence-electron chi connectivity index (χ0n) is 28.2. The first-order valence-electron chi connectivity index (χ1n) is 17.4. The predicted molar refractivity (Wildman–Crippen MR) is 171 cm³/mol. The second-order valence-electron chi connectivity index (χ2n) is 17.3. The second kappa shape index (κ2) is 10.0. The minimum absolute atomic E-state index is 0.0211. The van der Waals surface area contributed by atoms with E-state index in [1.807, 2.05) is 40.9 Å². The number of aliphatic hydroxyl groups excluding tert-OH is 1. The molecule has 5 saturated carbocycles. The van der Waals surface area contributed by atoms with E-state index < -0.39 is 38.7 Å². The van der Waals surface area contributed by atoms with E-state index in [-0.39, 0.29) is 22.1 Å². The minimum Gasteiger partial charge on any atom is -0.389 e. The molecule has 246 valence electrons. The van der Waals surface area contributed by atoms with Crippen LogP contribution in [0.3, 0.4) is 0 Å². The molecular formula is C37H56O6S. The van der Waals surface area contributed by atoms with Gasteiger partial charge in [-0.05, 0) is 138 Å². The molecule has 7 rings (SSSR count). The summed E-state index contributed by atoms with van der Waals surface area (Å²) in [5.41, 5.74) is -0.0596. The zero-order valence-corrected chi connectivity index (χ0v) is 29.0. The number of fused-ring (bicyclic) bond motifs is 4. The maximum absolute atomic E-state index is 14.6. The number of aliphatic hydroxyl groups is 1. The van der Waals surface area contributed by atoms with Gasteiger partial charge in [-0.15, -0.1) is 0 Å².